The lowest BCUT2D eigenvalue weighted by molar-refractivity contribution is 0.346. The van der Waals surface area contributed by atoms with Gasteiger partial charge in [0.1, 0.15) is 0 Å². The number of allylic oxidation sites excluding steroid dienone is 2. The Kier molecular flexibility index (Phi) is 4.85. The third kappa shape index (κ3) is 3.18. The van der Waals surface area contributed by atoms with E-state index < -0.39 is 10.0 Å². The van der Waals surface area contributed by atoms with E-state index in [1.807, 2.05) is 12.1 Å². The summed E-state index contributed by atoms with van der Waals surface area (Å²) in [5.41, 5.74) is 3.48. The molecule has 1 aliphatic carbocycles. The minimum absolute atomic E-state index is 0.193. The molecular formula is C27H28N2O2S. The van der Waals surface area contributed by atoms with Gasteiger partial charge in [-0.25, -0.2) is 8.42 Å². The first-order valence-corrected chi connectivity index (χ1v) is 13.1. The first-order chi connectivity index (χ1) is 15.6. The van der Waals surface area contributed by atoms with Gasteiger partial charge in [0.25, 0.3) is 0 Å². The van der Waals surface area contributed by atoms with Crippen LogP contribution >= 0.6 is 0 Å². The molecule has 0 saturated carbocycles. The zero-order valence-electron chi connectivity index (χ0n) is 18.1. The summed E-state index contributed by atoms with van der Waals surface area (Å²) in [4.78, 5) is 0.433. The van der Waals surface area contributed by atoms with Gasteiger partial charge in [0, 0.05) is 24.7 Å². The number of anilines is 1. The van der Waals surface area contributed by atoms with Gasteiger partial charge in [-0.05, 0) is 65.3 Å². The van der Waals surface area contributed by atoms with Crippen molar-refractivity contribution in [1.29, 1.82) is 0 Å². The summed E-state index contributed by atoms with van der Waals surface area (Å²) in [5.74, 6) is 0.605. The Bertz CT molecular complexity index is 1300. The Hall–Kier alpha value is -2.63. The van der Waals surface area contributed by atoms with Crippen LogP contribution in [0, 0.1) is 5.92 Å². The second-order valence-corrected chi connectivity index (χ2v) is 11.2. The predicted octanol–water partition coefficient (Wildman–Crippen LogP) is 5.84. The van der Waals surface area contributed by atoms with E-state index in [2.05, 4.69) is 59.9 Å². The molecule has 0 aromatic heterocycles. The van der Waals surface area contributed by atoms with Crippen LogP contribution in [-0.2, 0) is 10.0 Å². The molecule has 3 aliphatic rings. The highest BCUT2D eigenvalue weighted by Crippen LogP contribution is 2.51. The molecule has 3 atom stereocenters. The number of sulfonamides is 1. The van der Waals surface area contributed by atoms with Gasteiger partial charge in [0.2, 0.25) is 10.0 Å². The van der Waals surface area contributed by atoms with Crippen molar-refractivity contribution in [1.82, 2.24) is 4.31 Å². The van der Waals surface area contributed by atoms with Gasteiger partial charge in [0.15, 0.2) is 0 Å². The van der Waals surface area contributed by atoms with Crippen LogP contribution in [0.3, 0.4) is 0 Å². The van der Waals surface area contributed by atoms with Crippen LogP contribution in [-0.4, -0.2) is 25.8 Å². The second-order valence-electron chi connectivity index (χ2n) is 9.26. The van der Waals surface area contributed by atoms with Gasteiger partial charge in [-0.15, -0.1) is 0 Å². The topological polar surface area (TPSA) is 49.4 Å². The van der Waals surface area contributed by atoms with Crippen molar-refractivity contribution >= 4 is 26.5 Å². The lowest BCUT2D eigenvalue weighted by Crippen LogP contribution is -2.36. The monoisotopic (exact) mass is 444 g/mol. The molecule has 6 rings (SSSR count). The first kappa shape index (κ1) is 20.0. The van der Waals surface area contributed by atoms with Gasteiger partial charge >= 0.3 is 0 Å². The van der Waals surface area contributed by atoms with E-state index in [9.17, 15) is 8.42 Å². The SMILES string of the molecule is O=S(=O)(c1ccc2c(c1)C1C=CCC1C(c1cccc3ccccc13)N2)N1CCCCC1. The van der Waals surface area contributed by atoms with Crippen molar-refractivity contribution in [3.05, 3.63) is 83.9 Å². The molecule has 1 saturated heterocycles. The van der Waals surface area contributed by atoms with Crippen molar-refractivity contribution in [2.24, 2.45) is 5.92 Å². The van der Waals surface area contributed by atoms with Crippen LogP contribution < -0.4 is 5.32 Å². The van der Waals surface area contributed by atoms with Crippen LogP contribution in [0.15, 0.2) is 77.7 Å². The zero-order valence-corrected chi connectivity index (χ0v) is 18.9. The van der Waals surface area contributed by atoms with Crippen LogP contribution in [0.1, 0.15) is 48.8 Å². The number of fused-ring (bicyclic) bond motifs is 4. The third-order valence-electron chi connectivity index (χ3n) is 7.45. The number of piperidine rings is 1. The van der Waals surface area contributed by atoms with Gasteiger partial charge in [-0.2, -0.15) is 4.31 Å². The van der Waals surface area contributed by atoms with E-state index in [-0.39, 0.29) is 12.0 Å². The maximum atomic E-state index is 13.3. The Balaban J connectivity index is 1.41. The lowest BCUT2D eigenvalue weighted by Gasteiger charge is -2.38. The summed E-state index contributed by atoms with van der Waals surface area (Å²) >= 11 is 0. The van der Waals surface area contributed by atoms with E-state index in [1.54, 1.807) is 10.4 Å². The molecule has 2 heterocycles. The Labute approximate surface area is 190 Å². The largest absolute Gasteiger partial charge is 0.378 e. The first-order valence-electron chi connectivity index (χ1n) is 11.7. The summed E-state index contributed by atoms with van der Waals surface area (Å²) in [6.07, 6.45) is 8.55. The van der Waals surface area contributed by atoms with Gasteiger partial charge in [0.05, 0.1) is 10.9 Å². The van der Waals surface area contributed by atoms with Crippen LogP contribution in [0.25, 0.3) is 10.8 Å². The number of hydrogen-bond donors (Lipinski definition) is 1. The van der Waals surface area contributed by atoms with E-state index in [0.29, 0.717) is 23.9 Å². The number of nitrogens with one attached hydrogen (secondary N) is 1. The molecule has 2 aliphatic heterocycles. The quantitative estimate of drug-likeness (QED) is 0.516. The average Bonchev–Trinajstić information content (AvgIpc) is 3.34. The number of rotatable bonds is 3. The molecule has 32 heavy (non-hydrogen) atoms. The van der Waals surface area contributed by atoms with E-state index in [4.69, 9.17) is 0 Å². The summed E-state index contributed by atoms with van der Waals surface area (Å²) in [6.45, 7) is 1.26. The Morgan fingerprint density at radius 2 is 1.69 bits per heavy atom. The Morgan fingerprint density at radius 1 is 0.875 bits per heavy atom. The molecule has 1 N–H and O–H groups in total. The van der Waals surface area contributed by atoms with Crippen molar-refractivity contribution in [2.75, 3.05) is 18.4 Å². The minimum Gasteiger partial charge on any atom is -0.378 e. The molecule has 5 heteroatoms. The van der Waals surface area contributed by atoms with Crippen LogP contribution in [0.5, 0.6) is 0 Å². The smallest absolute Gasteiger partial charge is 0.243 e. The van der Waals surface area contributed by atoms with Gasteiger partial charge in [-0.3, -0.25) is 0 Å². The van der Waals surface area contributed by atoms with Crippen molar-refractivity contribution in [2.45, 2.75) is 42.5 Å². The standard InChI is InChI=1S/C27H28N2O2S/c30-32(31,29-16-4-1-5-17-29)20-14-15-26-25(18-20)22-11-7-13-24(22)27(28-26)23-12-6-9-19-8-2-3-10-21(19)23/h2-3,6-12,14-15,18,22,24,27-28H,1,4-5,13,16-17H2. The van der Waals surface area contributed by atoms with Crippen LogP contribution in [0.4, 0.5) is 5.69 Å². The number of nitrogens with zero attached hydrogens (tertiary/aromatic N) is 1. The molecule has 3 aromatic carbocycles. The fourth-order valence-electron chi connectivity index (χ4n) is 5.82. The molecule has 0 spiro atoms. The summed E-state index contributed by atoms with van der Waals surface area (Å²) in [7, 11) is -3.44. The van der Waals surface area contributed by atoms with E-state index in [0.717, 1.165) is 36.9 Å². The summed E-state index contributed by atoms with van der Waals surface area (Å²) < 4.78 is 28.2. The van der Waals surface area contributed by atoms with Crippen LogP contribution in [0.2, 0.25) is 0 Å². The van der Waals surface area contributed by atoms with E-state index in [1.165, 1.54) is 16.3 Å². The molecule has 4 nitrogen and oxygen atoms in total. The Morgan fingerprint density at radius 3 is 2.56 bits per heavy atom. The predicted molar refractivity (Wildman–Crippen MR) is 129 cm³/mol. The third-order valence-corrected chi connectivity index (χ3v) is 9.34. The molecular weight excluding hydrogens is 416 g/mol. The lowest BCUT2D eigenvalue weighted by atomic mass is 9.76. The summed E-state index contributed by atoms with van der Waals surface area (Å²) in [5, 5.41) is 6.32. The fraction of sp³-hybridized carbons (Fsp3) is 0.333. The average molecular weight is 445 g/mol. The molecule has 0 bridgehead atoms. The number of benzene rings is 3. The molecule has 1 fully saturated rings. The minimum atomic E-state index is -3.44. The second kappa shape index (κ2) is 7.75. The van der Waals surface area contributed by atoms with E-state index >= 15 is 0 Å². The van der Waals surface area contributed by atoms with Gasteiger partial charge < -0.3 is 5.32 Å². The summed E-state index contributed by atoms with van der Waals surface area (Å²) in [6, 6.07) is 21.0. The maximum absolute atomic E-state index is 13.3. The highest BCUT2D eigenvalue weighted by Gasteiger charge is 2.39. The van der Waals surface area contributed by atoms with Crippen molar-refractivity contribution in [3.8, 4) is 0 Å². The maximum Gasteiger partial charge on any atom is 0.243 e. The molecule has 3 aromatic rings. The van der Waals surface area contributed by atoms with Crippen molar-refractivity contribution < 1.29 is 8.42 Å². The molecule has 164 valence electrons. The fourth-order valence-corrected chi connectivity index (χ4v) is 7.37. The molecule has 3 unspecified atom stereocenters. The van der Waals surface area contributed by atoms with Gasteiger partial charge in [-0.1, -0.05) is 61.0 Å². The molecule has 0 amide bonds. The zero-order chi connectivity index (χ0) is 21.7. The molecule has 0 radical (unpaired) electrons. The van der Waals surface area contributed by atoms with Crippen molar-refractivity contribution in [3.63, 3.8) is 0 Å². The highest BCUT2D eigenvalue weighted by molar-refractivity contribution is 7.89. The number of hydrogen-bond acceptors (Lipinski definition) is 3. The highest BCUT2D eigenvalue weighted by atomic mass is 32.2. The normalized spacial score (nSPS) is 25.3.